The van der Waals surface area contributed by atoms with Crippen molar-refractivity contribution in [2.75, 3.05) is 13.1 Å². The number of hydrogen-bond acceptors (Lipinski definition) is 6. The number of hydrogen-bond donors (Lipinski definition) is 0. The van der Waals surface area contributed by atoms with E-state index >= 15 is 0 Å². The summed E-state index contributed by atoms with van der Waals surface area (Å²) in [4.78, 5) is 18.6. The van der Waals surface area contributed by atoms with Crippen LogP contribution in [0.1, 0.15) is 48.4 Å². The summed E-state index contributed by atoms with van der Waals surface area (Å²) >= 11 is 0. The van der Waals surface area contributed by atoms with Gasteiger partial charge in [-0.3, -0.25) is 4.79 Å². The van der Waals surface area contributed by atoms with Crippen molar-refractivity contribution in [3.8, 4) is 11.6 Å². The first-order valence-electron chi connectivity index (χ1n) is 8.82. The highest BCUT2D eigenvalue weighted by Gasteiger charge is 2.29. The smallest absolute Gasteiger partial charge is 0.280 e. The van der Waals surface area contributed by atoms with Crippen LogP contribution in [0.25, 0.3) is 11.6 Å². The van der Waals surface area contributed by atoms with E-state index in [9.17, 15) is 9.18 Å². The Morgan fingerprint density at radius 2 is 2.22 bits per heavy atom. The van der Waals surface area contributed by atoms with Crippen LogP contribution in [-0.4, -0.2) is 49.0 Å². The lowest BCUT2D eigenvalue weighted by Gasteiger charge is -2.16. The number of likely N-dealkylation sites (tertiary alicyclic amines) is 1. The van der Waals surface area contributed by atoms with Crippen molar-refractivity contribution in [1.82, 2.24) is 30.0 Å². The Labute approximate surface area is 155 Å². The molecule has 1 atom stereocenters. The van der Waals surface area contributed by atoms with E-state index in [1.807, 2.05) is 13.8 Å². The summed E-state index contributed by atoms with van der Waals surface area (Å²) in [5, 5.41) is 12.2. The van der Waals surface area contributed by atoms with E-state index in [-0.39, 0.29) is 17.9 Å². The van der Waals surface area contributed by atoms with Crippen molar-refractivity contribution in [2.24, 2.45) is 0 Å². The van der Waals surface area contributed by atoms with Crippen LogP contribution in [0.15, 0.2) is 35.0 Å². The first-order chi connectivity index (χ1) is 13.0. The van der Waals surface area contributed by atoms with Gasteiger partial charge in [-0.05, 0) is 24.6 Å². The van der Waals surface area contributed by atoms with Gasteiger partial charge in [-0.25, -0.2) is 9.07 Å². The Hall–Kier alpha value is -3.10. The van der Waals surface area contributed by atoms with E-state index in [1.165, 1.54) is 18.2 Å². The molecular formula is C18H19FN6O2. The Balaban J connectivity index is 1.46. The predicted octanol–water partition coefficient (Wildman–Crippen LogP) is 2.68. The van der Waals surface area contributed by atoms with E-state index in [1.54, 1.807) is 21.8 Å². The molecule has 3 heterocycles. The number of carbonyl (C=O) groups excluding carboxylic acids is 1. The molecule has 0 bridgehead atoms. The van der Waals surface area contributed by atoms with Crippen molar-refractivity contribution in [3.63, 3.8) is 0 Å². The lowest BCUT2D eigenvalue weighted by molar-refractivity contribution is 0.0786. The summed E-state index contributed by atoms with van der Waals surface area (Å²) in [6, 6.07) is 5.73. The van der Waals surface area contributed by atoms with Crippen LogP contribution >= 0.6 is 0 Å². The third-order valence-corrected chi connectivity index (χ3v) is 4.58. The van der Waals surface area contributed by atoms with Crippen LogP contribution in [0, 0.1) is 5.82 Å². The molecule has 0 radical (unpaired) electrons. The quantitative estimate of drug-likeness (QED) is 0.701. The standard InChI is InChI=1S/C18H19FN6O2/c1-11(2)16-20-17(27-22-16)15-10-25(23-21-15)14-6-7-24(9-14)18(26)12-4-3-5-13(19)8-12/h3-5,8,10-11,14H,6-7,9H2,1-2H3/t14-/m0/s1. The second-order valence-corrected chi connectivity index (χ2v) is 6.90. The van der Waals surface area contributed by atoms with Gasteiger partial charge in [-0.1, -0.05) is 30.3 Å². The number of carbonyl (C=O) groups is 1. The summed E-state index contributed by atoms with van der Waals surface area (Å²) in [5.74, 6) is 0.506. The largest absolute Gasteiger partial charge is 0.336 e. The van der Waals surface area contributed by atoms with Gasteiger partial charge in [-0.2, -0.15) is 4.98 Å². The second kappa shape index (κ2) is 6.90. The monoisotopic (exact) mass is 370 g/mol. The molecule has 1 aliphatic heterocycles. The Morgan fingerprint density at radius 3 is 2.96 bits per heavy atom. The van der Waals surface area contributed by atoms with Crippen molar-refractivity contribution in [2.45, 2.75) is 32.2 Å². The highest BCUT2D eigenvalue weighted by molar-refractivity contribution is 5.94. The fourth-order valence-electron chi connectivity index (χ4n) is 3.07. The van der Waals surface area contributed by atoms with Crippen molar-refractivity contribution < 1.29 is 13.7 Å². The third kappa shape index (κ3) is 3.44. The molecule has 4 rings (SSSR count). The van der Waals surface area contributed by atoms with Gasteiger partial charge in [0.25, 0.3) is 11.8 Å². The van der Waals surface area contributed by atoms with Gasteiger partial charge >= 0.3 is 0 Å². The highest BCUT2D eigenvalue weighted by Crippen LogP contribution is 2.25. The molecule has 0 unspecified atom stereocenters. The number of aromatic nitrogens is 5. The molecule has 8 nitrogen and oxygen atoms in total. The maximum absolute atomic E-state index is 13.4. The molecule has 0 aliphatic carbocycles. The minimum Gasteiger partial charge on any atom is -0.336 e. The number of amides is 1. The maximum atomic E-state index is 13.4. The molecule has 0 saturated carbocycles. The molecule has 0 N–H and O–H groups in total. The molecule has 1 saturated heterocycles. The van der Waals surface area contributed by atoms with Crippen LogP contribution in [0.4, 0.5) is 4.39 Å². The molecule has 140 valence electrons. The van der Waals surface area contributed by atoms with Crippen LogP contribution in [0.3, 0.4) is 0 Å². The third-order valence-electron chi connectivity index (χ3n) is 4.58. The molecule has 1 fully saturated rings. The SMILES string of the molecule is CC(C)c1noc(-c2cn([C@H]3CCN(C(=O)c4cccc(F)c4)C3)nn2)n1. The number of benzene rings is 1. The van der Waals surface area contributed by atoms with E-state index in [0.717, 1.165) is 6.42 Å². The molecular weight excluding hydrogens is 351 g/mol. The van der Waals surface area contributed by atoms with Crippen molar-refractivity contribution in [1.29, 1.82) is 0 Å². The average Bonchev–Trinajstić information content (AvgIpc) is 3.39. The van der Waals surface area contributed by atoms with Crippen LogP contribution in [-0.2, 0) is 0 Å². The molecule has 9 heteroatoms. The fourth-order valence-corrected chi connectivity index (χ4v) is 3.07. The van der Waals surface area contributed by atoms with Gasteiger partial charge in [-0.15, -0.1) is 5.10 Å². The van der Waals surface area contributed by atoms with Crippen LogP contribution in [0.2, 0.25) is 0 Å². The zero-order valence-corrected chi connectivity index (χ0v) is 15.0. The average molecular weight is 370 g/mol. The Morgan fingerprint density at radius 1 is 1.37 bits per heavy atom. The lowest BCUT2D eigenvalue weighted by atomic mass is 10.2. The molecule has 2 aromatic heterocycles. The minimum atomic E-state index is -0.419. The van der Waals surface area contributed by atoms with Crippen molar-refractivity contribution in [3.05, 3.63) is 47.7 Å². The fraction of sp³-hybridized carbons (Fsp3) is 0.389. The highest BCUT2D eigenvalue weighted by atomic mass is 19.1. The first kappa shape index (κ1) is 17.3. The van der Waals surface area contributed by atoms with Crippen molar-refractivity contribution >= 4 is 5.91 Å². The van der Waals surface area contributed by atoms with Gasteiger partial charge in [0.2, 0.25) is 0 Å². The molecule has 1 aromatic carbocycles. The normalized spacial score (nSPS) is 17.0. The summed E-state index contributed by atoms with van der Waals surface area (Å²) in [6.45, 7) is 5.02. The predicted molar refractivity (Wildman–Crippen MR) is 93.4 cm³/mol. The number of halogens is 1. The zero-order valence-electron chi connectivity index (χ0n) is 15.0. The first-order valence-corrected chi connectivity index (χ1v) is 8.82. The summed E-state index contributed by atoms with van der Waals surface area (Å²) in [6.07, 6.45) is 2.49. The van der Waals surface area contributed by atoms with Gasteiger partial charge in [0.15, 0.2) is 11.5 Å². The number of nitrogens with zero attached hydrogens (tertiary/aromatic N) is 6. The maximum Gasteiger partial charge on any atom is 0.280 e. The van der Waals surface area contributed by atoms with Crippen LogP contribution < -0.4 is 0 Å². The van der Waals surface area contributed by atoms with E-state index in [0.29, 0.717) is 36.1 Å². The van der Waals surface area contributed by atoms with E-state index in [2.05, 4.69) is 20.5 Å². The summed E-state index contributed by atoms with van der Waals surface area (Å²) in [5.41, 5.74) is 0.853. The molecule has 3 aromatic rings. The van der Waals surface area contributed by atoms with Gasteiger partial charge < -0.3 is 9.42 Å². The van der Waals surface area contributed by atoms with Gasteiger partial charge in [0.1, 0.15) is 5.82 Å². The molecule has 1 aliphatic rings. The topological polar surface area (TPSA) is 89.9 Å². The zero-order chi connectivity index (χ0) is 19.0. The molecule has 27 heavy (non-hydrogen) atoms. The minimum absolute atomic E-state index is 0.00347. The lowest BCUT2D eigenvalue weighted by Crippen LogP contribution is -2.29. The Kier molecular flexibility index (Phi) is 4.43. The van der Waals surface area contributed by atoms with Crippen LogP contribution in [0.5, 0.6) is 0 Å². The van der Waals surface area contributed by atoms with Gasteiger partial charge in [0.05, 0.1) is 12.2 Å². The van der Waals surface area contributed by atoms with E-state index < -0.39 is 5.82 Å². The molecule has 1 amide bonds. The Bertz CT molecular complexity index is 966. The summed E-state index contributed by atoms with van der Waals surface area (Å²) < 4.78 is 20.3. The second-order valence-electron chi connectivity index (χ2n) is 6.90. The molecule has 0 spiro atoms. The summed E-state index contributed by atoms with van der Waals surface area (Å²) in [7, 11) is 0. The van der Waals surface area contributed by atoms with E-state index in [4.69, 9.17) is 4.52 Å². The number of rotatable bonds is 4. The van der Waals surface area contributed by atoms with Gasteiger partial charge in [0, 0.05) is 24.6 Å².